The molecule has 0 aliphatic rings. The first-order valence-electron chi connectivity index (χ1n) is 24.7. The third-order valence-corrected chi connectivity index (χ3v) is 13.8. The highest BCUT2D eigenvalue weighted by molar-refractivity contribution is 6.23. The molecule has 0 radical (unpaired) electrons. The van der Waals surface area contributed by atoms with E-state index in [1.807, 2.05) is 146 Å². The molecule has 6 aromatic carbocycles. The summed E-state index contributed by atoms with van der Waals surface area (Å²) in [5.41, 5.74) is 12.4. The first-order chi connectivity index (χ1) is 38.6. The minimum atomic E-state index is -0.0610. The Labute approximate surface area is 438 Å². The number of hydrogen-bond acceptors (Lipinski definition) is 15. The van der Waals surface area contributed by atoms with E-state index in [2.05, 4.69) is 59.8 Å². The van der Waals surface area contributed by atoms with Gasteiger partial charge in [-0.2, -0.15) is 0 Å². The van der Waals surface area contributed by atoms with Gasteiger partial charge in [-0.05, 0) is 146 Å². The Hall–Kier alpha value is -11.4. The molecule has 0 aliphatic carbocycles. The molecule has 10 aromatic heterocycles. The summed E-state index contributed by atoms with van der Waals surface area (Å²) in [5.74, 6) is 3.38. The minimum Gasteiger partial charge on any atom is -0.424 e. The van der Waals surface area contributed by atoms with E-state index in [9.17, 15) is 0 Å². The number of benzene rings is 6. The van der Waals surface area contributed by atoms with Crippen LogP contribution in [-0.4, -0.2) is 74.8 Å². The van der Waals surface area contributed by atoms with Crippen LogP contribution in [0.1, 0.15) is 0 Å². The second-order valence-electron chi connectivity index (χ2n) is 18.4. The molecule has 0 fully saturated rings. The van der Waals surface area contributed by atoms with Crippen LogP contribution in [0.2, 0.25) is 0 Å². The highest BCUT2D eigenvalue weighted by Gasteiger charge is 2.20. The largest absolute Gasteiger partial charge is 0.424 e. The van der Waals surface area contributed by atoms with Crippen LogP contribution in [0.5, 0.6) is 35.3 Å². The lowest BCUT2D eigenvalue weighted by Gasteiger charge is -2.10. The average molecular weight is 1010 g/mol. The van der Waals surface area contributed by atoms with Gasteiger partial charge in [0.15, 0.2) is 0 Å². The summed E-state index contributed by atoms with van der Waals surface area (Å²) in [6.45, 7) is 0. The van der Waals surface area contributed by atoms with E-state index < -0.39 is 0 Å². The molecule has 10 heterocycles. The normalized spacial score (nSPS) is 11.8. The van der Waals surface area contributed by atoms with Crippen molar-refractivity contribution in [3.05, 3.63) is 183 Å². The Balaban J connectivity index is 0.719. The van der Waals surface area contributed by atoms with Crippen molar-refractivity contribution in [1.82, 2.24) is 74.8 Å². The van der Waals surface area contributed by atoms with Gasteiger partial charge in [-0.1, -0.05) is 0 Å². The van der Waals surface area contributed by atoms with Crippen LogP contribution in [0.3, 0.4) is 0 Å². The number of fused-ring (bicyclic) bond motifs is 18. The molecule has 18 heteroatoms. The van der Waals surface area contributed by atoms with Crippen molar-refractivity contribution in [2.24, 2.45) is 0 Å². The van der Waals surface area contributed by atoms with Crippen molar-refractivity contribution >= 4 is 98.5 Å². The fourth-order valence-corrected chi connectivity index (χ4v) is 10.3. The molecule has 0 spiro atoms. The number of nitrogens with zero attached hydrogens (tertiary/aromatic N) is 12. The molecular weight excluding hydrogens is 979 g/mol. The van der Waals surface area contributed by atoms with E-state index in [1.54, 1.807) is 37.2 Å². The molecule has 0 unspecified atom stereocenters. The zero-order valence-electron chi connectivity index (χ0n) is 40.4. The number of nitrogens with one attached hydrogen (secondary N) is 3. The van der Waals surface area contributed by atoms with E-state index in [-0.39, 0.29) is 18.0 Å². The summed E-state index contributed by atoms with van der Waals surface area (Å²) in [6, 6.07) is 45.7. The van der Waals surface area contributed by atoms with Gasteiger partial charge in [-0.3, -0.25) is 29.9 Å². The quantitative estimate of drug-likeness (QED) is 0.114. The van der Waals surface area contributed by atoms with Crippen molar-refractivity contribution in [3.63, 3.8) is 0 Å². The first-order valence-corrected chi connectivity index (χ1v) is 24.7. The van der Waals surface area contributed by atoms with Crippen LogP contribution in [0.4, 0.5) is 0 Å². The summed E-state index contributed by atoms with van der Waals surface area (Å²) in [5, 5.41) is 5.54. The zero-order chi connectivity index (χ0) is 51.3. The molecule has 0 aliphatic heterocycles. The van der Waals surface area contributed by atoms with Crippen LogP contribution < -0.4 is 14.2 Å². The standard InChI is InChI=1S/C60H33N15O3/c1-7-37-43(61-25-1)44-38(8-2-26-62-44)50-49(37)67-55(68-50)31-13-19-34(20-14-31)76-58-73-59(77-35-21-15-32(16-22-35)56-69-51-39-9-3-27-63-45(39)46-40(52(51)70-56)10-4-28-64-46)75-60(74-58)78-36-23-17-33(18-24-36)57-71-53-41-11-5-29-65-47(41)48-42(54(53)72-57)12-6-30-66-48/h1-30H,(H,67,68)(H,69,70)(H,71,72). The highest BCUT2D eigenvalue weighted by Crippen LogP contribution is 2.38. The molecule has 0 atom stereocenters. The Morgan fingerprint density at radius 3 is 0.756 bits per heavy atom. The second-order valence-corrected chi connectivity index (χ2v) is 18.4. The fraction of sp³-hybridized carbons (Fsp3) is 0. The van der Waals surface area contributed by atoms with Crippen molar-refractivity contribution < 1.29 is 14.2 Å². The maximum atomic E-state index is 6.32. The summed E-state index contributed by atoms with van der Waals surface area (Å²) in [4.78, 5) is 67.4. The summed E-state index contributed by atoms with van der Waals surface area (Å²) < 4.78 is 19.0. The van der Waals surface area contributed by atoms with E-state index >= 15 is 0 Å². The van der Waals surface area contributed by atoms with Gasteiger partial charge < -0.3 is 29.2 Å². The SMILES string of the molecule is c1cnc2c(c1)c1nc(-c3ccc(Oc4nc(Oc5ccc(-c6nc7c8cccnc8c8ncccc8c7[nH]6)cc5)nc(Oc5ccc(-c6nc7c8cccnc8c8ncccc8c7[nH]6)cc5)n4)cc3)[nH]c1c1cccnc12. The molecule has 18 nitrogen and oxygen atoms in total. The van der Waals surface area contributed by atoms with Gasteiger partial charge in [0.1, 0.15) is 34.7 Å². The first kappa shape index (κ1) is 43.0. The minimum absolute atomic E-state index is 0.0610. The van der Waals surface area contributed by atoms with E-state index in [0.29, 0.717) is 34.7 Å². The molecule has 0 saturated carbocycles. The summed E-state index contributed by atoms with van der Waals surface area (Å²) in [7, 11) is 0. The van der Waals surface area contributed by atoms with Crippen LogP contribution in [-0.2, 0) is 0 Å². The molecule has 16 aromatic rings. The van der Waals surface area contributed by atoms with Crippen LogP contribution in [0.25, 0.3) is 133 Å². The average Bonchev–Trinajstić information content (AvgIpc) is 4.33. The number of rotatable bonds is 9. The van der Waals surface area contributed by atoms with Gasteiger partial charge in [-0.25, -0.2) is 15.0 Å². The molecule has 78 heavy (non-hydrogen) atoms. The number of imidazole rings is 3. The predicted octanol–water partition coefficient (Wildman–Crippen LogP) is 13.2. The number of aromatic nitrogens is 15. The Morgan fingerprint density at radius 1 is 0.244 bits per heavy atom. The van der Waals surface area contributed by atoms with E-state index in [1.165, 1.54) is 0 Å². The summed E-state index contributed by atoms with van der Waals surface area (Å²) in [6.07, 6.45) is 10.6. The lowest BCUT2D eigenvalue weighted by molar-refractivity contribution is 0.362. The number of ether oxygens (including phenoxy) is 3. The van der Waals surface area contributed by atoms with Gasteiger partial charge in [-0.15, -0.1) is 15.0 Å². The zero-order valence-corrected chi connectivity index (χ0v) is 40.4. The number of aromatic amines is 3. The van der Waals surface area contributed by atoms with E-state index in [0.717, 1.165) is 115 Å². The Morgan fingerprint density at radius 2 is 0.487 bits per heavy atom. The summed E-state index contributed by atoms with van der Waals surface area (Å²) >= 11 is 0. The van der Waals surface area contributed by atoms with Gasteiger partial charge in [0.25, 0.3) is 0 Å². The van der Waals surface area contributed by atoms with Gasteiger partial charge in [0, 0.05) is 86.2 Å². The lowest BCUT2D eigenvalue weighted by Crippen LogP contribution is -2.01. The molecule has 0 saturated heterocycles. The maximum Gasteiger partial charge on any atom is 0.331 e. The van der Waals surface area contributed by atoms with Crippen molar-refractivity contribution in [2.45, 2.75) is 0 Å². The van der Waals surface area contributed by atoms with E-state index in [4.69, 9.17) is 29.2 Å². The molecule has 0 amide bonds. The third-order valence-electron chi connectivity index (χ3n) is 13.8. The molecular formula is C60H33N15O3. The Bertz CT molecular complexity index is 4350. The number of H-pyrrole nitrogens is 3. The molecule has 366 valence electrons. The topological polar surface area (TPSA) is 230 Å². The van der Waals surface area contributed by atoms with Crippen LogP contribution in [0, 0.1) is 0 Å². The molecule has 0 bridgehead atoms. The molecule has 16 rings (SSSR count). The van der Waals surface area contributed by atoms with Crippen molar-refractivity contribution in [3.8, 4) is 69.4 Å². The number of pyridine rings is 6. The van der Waals surface area contributed by atoms with Gasteiger partial charge >= 0.3 is 18.0 Å². The second kappa shape index (κ2) is 17.1. The van der Waals surface area contributed by atoms with Crippen molar-refractivity contribution in [1.29, 1.82) is 0 Å². The van der Waals surface area contributed by atoms with Crippen molar-refractivity contribution in [2.75, 3.05) is 0 Å². The third kappa shape index (κ3) is 7.04. The Kier molecular flexibility index (Phi) is 9.43. The van der Waals surface area contributed by atoms with Crippen LogP contribution in [0.15, 0.2) is 183 Å². The van der Waals surface area contributed by atoms with Crippen LogP contribution >= 0.6 is 0 Å². The number of hydrogen-bond donors (Lipinski definition) is 3. The fourth-order valence-electron chi connectivity index (χ4n) is 10.3. The highest BCUT2D eigenvalue weighted by atomic mass is 16.5. The smallest absolute Gasteiger partial charge is 0.331 e. The maximum absolute atomic E-state index is 6.32. The molecule has 3 N–H and O–H groups in total. The van der Waals surface area contributed by atoms with Gasteiger partial charge in [0.2, 0.25) is 0 Å². The monoisotopic (exact) mass is 1010 g/mol. The van der Waals surface area contributed by atoms with Gasteiger partial charge in [0.05, 0.1) is 66.2 Å². The predicted molar refractivity (Wildman–Crippen MR) is 296 cm³/mol. The lowest BCUT2D eigenvalue weighted by atomic mass is 10.1.